The van der Waals surface area contributed by atoms with Gasteiger partial charge in [-0.3, -0.25) is 10.1 Å². The molecule has 1 aromatic heterocycles. The second-order valence-corrected chi connectivity index (χ2v) is 2.99. The van der Waals surface area contributed by atoms with Gasteiger partial charge in [-0.05, 0) is 12.8 Å². The summed E-state index contributed by atoms with van der Waals surface area (Å²) in [4.78, 5) is 11.3. The molecule has 0 aromatic carbocycles. The molecule has 4 nitrogen and oxygen atoms in total. The predicted octanol–water partition coefficient (Wildman–Crippen LogP) is 1.41. The average molecular weight is 166 g/mol. The number of hydrogen-bond acceptors (Lipinski definition) is 3. The first-order valence-corrected chi connectivity index (χ1v) is 4.08. The van der Waals surface area contributed by atoms with E-state index in [0.29, 0.717) is 5.88 Å². The lowest BCUT2D eigenvalue weighted by Crippen LogP contribution is -2.27. The molecule has 0 spiro atoms. The number of carbonyl (C=O) groups excluding carboxylic acids is 1. The van der Waals surface area contributed by atoms with Gasteiger partial charge < -0.3 is 4.52 Å². The van der Waals surface area contributed by atoms with E-state index in [9.17, 15) is 4.79 Å². The topological polar surface area (TPSA) is 55.1 Å². The van der Waals surface area contributed by atoms with Gasteiger partial charge >= 0.3 is 0 Å². The lowest BCUT2D eigenvalue weighted by Gasteiger charge is -2.23. The molecule has 1 fully saturated rings. The van der Waals surface area contributed by atoms with Crippen LogP contribution in [0.5, 0.6) is 0 Å². The van der Waals surface area contributed by atoms with Gasteiger partial charge in [-0.2, -0.15) is 0 Å². The number of nitrogens with one attached hydrogen (secondary N) is 1. The Balaban J connectivity index is 1.90. The highest BCUT2D eigenvalue weighted by Gasteiger charge is 2.25. The summed E-state index contributed by atoms with van der Waals surface area (Å²) >= 11 is 0. The molecule has 64 valence electrons. The van der Waals surface area contributed by atoms with Crippen LogP contribution in [0.15, 0.2) is 16.8 Å². The Labute approximate surface area is 69.9 Å². The molecule has 4 heteroatoms. The minimum absolute atomic E-state index is 0.0537. The molecule has 1 N–H and O–H groups in total. The highest BCUT2D eigenvalue weighted by atomic mass is 16.5. The number of anilines is 1. The van der Waals surface area contributed by atoms with Gasteiger partial charge in [0, 0.05) is 12.0 Å². The summed E-state index contributed by atoms with van der Waals surface area (Å²) < 4.78 is 4.74. The Kier molecular flexibility index (Phi) is 1.81. The van der Waals surface area contributed by atoms with E-state index in [4.69, 9.17) is 4.52 Å². The maximum atomic E-state index is 11.3. The fourth-order valence-electron chi connectivity index (χ4n) is 1.17. The van der Waals surface area contributed by atoms with Crippen molar-refractivity contribution in [3.63, 3.8) is 0 Å². The monoisotopic (exact) mass is 166 g/mol. The number of rotatable bonds is 2. The molecule has 0 radical (unpaired) electrons. The van der Waals surface area contributed by atoms with Crippen molar-refractivity contribution in [2.45, 2.75) is 19.3 Å². The number of hydrogen-bond donors (Lipinski definition) is 1. The van der Waals surface area contributed by atoms with E-state index in [-0.39, 0.29) is 11.8 Å². The van der Waals surface area contributed by atoms with Crippen LogP contribution in [0.1, 0.15) is 19.3 Å². The Morgan fingerprint density at radius 1 is 1.67 bits per heavy atom. The summed E-state index contributed by atoms with van der Waals surface area (Å²) in [5, 5.41) is 6.14. The van der Waals surface area contributed by atoms with E-state index < -0.39 is 0 Å². The summed E-state index contributed by atoms with van der Waals surface area (Å²) in [7, 11) is 0. The molecule has 1 amide bonds. The molecule has 1 saturated carbocycles. The van der Waals surface area contributed by atoms with Gasteiger partial charge in [0.2, 0.25) is 11.8 Å². The largest absolute Gasteiger partial charge is 0.338 e. The van der Waals surface area contributed by atoms with Gasteiger partial charge in [0.15, 0.2) is 0 Å². The van der Waals surface area contributed by atoms with Gasteiger partial charge in [-0.25, -0.2) is 0 Å². The molecule has 0 saturated heterocycles. The van der Waals surface area contributed by atoms with Crippen molar-refractivity contribution in [1.82, 2.24) is 5.16 Å². The minimum atomic E-state index is 0.0537. The summed E-state index contributed by atoms with van der Waals surface area (Å²) in [5.74, 6) is 0.681. The van der Waals surface area contributed by atoms with E-state index in [0.717, 1.165) is 19.3 Å². The summed E-state index contributed by atoms with van der Waals surface area (Å²) in [6.45, 7) is 0. The summed E-state index contributed by atoms with van der Waals surface area (Å²) in [6.07, 6.45) is 4.67. The van der Waals surface area contributed by atoms with Crippen LogP contribution in [-0.2, 0) is 4.79 Å². The Bertz CT molecular complexity index is 265. The second kappa shape index (κ2) is 2.97. The van der Waals surface area contributed by atoms with Crippen molar-refractivity contribution in [3.8, 4) is 0 Å². The van der Waals surface area contributed by atoms with Crippen molar-refractivity contribution in [3.05, 3.63) is 12.3 Å². The number of nitrogens with zero attached hydrogens (tertiary/aromatic N) is 1. The van der Waals surface area contributed by atoms with Crippen molar-refractivity contribution < 1.29 is 9.32 Å². The average Bonchev–Trinajstić information content (AvgIpc) is 2.34. The van der Waals surface area contributed by atoms with Crippen molar-refractivity contribution >= 4 is 11.8 Å². The van der Waals surface area contributed by atoms with Crippen LogP contribution in [0.4, 0.5) is 5.88 Å². The maximum Gasteiger partial charge on any atom is 0.231 e. The zero-order valence-corrected chi connectivity index (χ0v) is 6.62. The predicted molar refractivity (Wildman–Crippen MR) is 42.5 cm³/mol. The Morgan fingerprint density at radius 2 is 2.50 bits per heavy atom. The zero-order valence-electron chi connectivity index (χ0n) is 6.62. The lowest BCUT2D eigenvalue weighted by molar-refractivity contribution is -0.122. The number of carbonyl (C=O) groups is 1. The van der Waals surface area contributed by atoms with Crippen LogP contribution in [0.25, 0.3) is 0 Å². The fraction of sp³-hybridized carbons (Fsp3) is 0.500. The van der Waals surface area contributed by atoms with Crippen molar-refractivity contribution in [2.75, 3.05) is 5.32 Å². The van der Waals surface area contributed by atoms with Crippen LogP contribution in [-0.4, -0.2) is 11.1 Å². The standard InChI is InChI=1S/C8H10N2O2/c11-8(6-2-1-3-6)10-7-4-5-9-12-7/h4-6H,1-3H2,(H,10,11). The first-order chi connectivity index (χ1) is 5.86. The molecule has 0 aliphatic heterocycles. The van der Waals surface area contributed by atoms with Gasteiger partial charge in [0.25, 0.3) is 0 Å². The molecule has 1 aliphatic rings. The molecule has 12 heavy (non-hydrogen) atoms. The Hall–Kier alpha value is -1.32. The van der Waals surface area contributed by atoms with E-state index in [1.54, 1.807) is 6.07 Å². The van der Waals surface area contributed by atoms with Gasteiger partial charge in [0.05, 0.1) is 6.20 Å². The normalized spacial score (nSPS) is 17.0. The smallest absolute Gasteiger partial charge is 0.231 e. The van der Waals surface area contributed by atoms with E-state index in [1.165, 1.54) is 6.20 Å². The van der Waals surface area contributed by atoms with Gasteiger partial charge in [0.1, 0.15) is 0 Å². The minimum Gasteiger partial charge on any atom is -0.338 e. The molecular weight excluding hydrogens is 156 g/mol. The highest BCUT2D eigenvalue weighted by molar-refractivity contribution is 5.91. The molecular formula is C8H10N2O2. The first-order valence-electron chi connectivity index (χ1n) is 4.08. The third kappa shape index (κ3) is 1.32. The molecule has 1 heterocycles. The fourth-order valence-corrected chi connectivity index (χ4v) is 1.17. The number of amides is 1. The highest BCUT2D eigenvalue weighted by Crippen LogP contribution is 2.27. The van der Waals surface area contributed by atoms with Crippen LogP contribution in [0.2, 0.25) is 0 Å². The molecule has 0 unspecified atom stereocenters. The summed E-state index contributed by atoms with van der Waals surface area (Å²) in [5.41, 5.74) is 0. The molecule has 1 aromatic rings. The third-order valence-corrected chi connectivity index (χ3v) is 2.16. The van der Waals surface area contributed by atoms with Crippen LogP contribution in [0.3, 0.4) is 0 Å². The maximum absolute atomic E-state index is 11.3. The molecule has 0 atom stereocenters. The lowest BCUT2D eigenvalue weighted by atomic mass is 9.85. The van der Waals surface area contributed by atoms with E-state index in [1.807, 2.05) is 0 Å². The van der Waals surface area contributed by atoms with Crippen LogP contribution < -0.4 is 5.32 Å². The van der Waals surface area contributed by atoms with Gasteiger partial charge in [-0.1, -0.05) is 11.6 Å². The van der Waals surface area contributed by atoms with Crippen LogP contribution >= 0.6 is 0 Å². The van der Waals surface area contributed by atoms with Gasteiger partial charge in [-0.15, -0.1) is 0 Å². The van der Waals surface area contributed by atoms with E-state index >= 15 is 0 Å². The van der Waals surface area contributed by atoms with Crippen molar-refractivity contribution in [2.24, 2.45) is 5.92 Å². The van der Waals surface area contributed by atoms with Crippen LogP contribution in [0, 0.1) is 5.92 Å². The number of aromatic nitrogens is 1. The van der Waals surface area contributed by atoms with Crippen molar-refractivity contribution in [1.29, 1.82) is 0 Å². The zero-order chi connectivity index (χ0) is 8.39. The quantitative estimate of drug-likeness (QED) is 0.722. The first kappa shape index (κ1) is 7.34. The molecule has 0 bridgehead atoms. The van der Waals surface area contributed by atoms with E-state index in [2.05, 4.69) is 10.5 Å². The second-order valence-electron chi connectivity index (χ2n) is 2.99. The molecule has 1 aliphatic carbocycles. The SMILES string of the molecule is O=C(Nc1ccno1)C1CCC1. The molecule has 2 rings (SSSR count). The summed E-state index contributed by atoms with van der Waals surface area (Å²) in [6, 6.07) is 1.64. The Morgan fingerprint density at radius 3 is 3.00 bits per heavy atom. The third-order valence-electron chi connectivity index (χ3n) is 2.16.